The van der Waals surface area contributed by atoms with E-state index in [2.05, 4.69) is 26.2 Å². The molecule has 0 bridgehead atoms. The molecule has 0 aliphatic heterocycles. The third-order valence-electron chi connectivity index (χ3n) is 5.56. The molecule has 7 nitrogen and oxygen atoms in total. The number of fused-ring (bicyclic) bond motifs is 6. The maximum absolute atomic E-state index is 6.03. The Bertz CT molecular complexity index is 1350. The highest BCUT2D eigenvalue weighted by Crippen LogP contribution is 2.37. The number of hydrogen-bond donors (Lipinski definition) is 2. The minimum absolute atomic E-state index is 0.578. The largest absolute Gasteiger partial charge is 0.383 e. The zero-order valence-corrected chi connectivity index (χ0v) is 14.6. The van der Waals surface area contributed by atoms with Crippen LogP contribution in [0.15, 0.2) is 36.9 Å². The number of pyridine rings is 1. The predicted octanol–water partition coefficient (Wildman–Crippen LogP) is 3.28. The van der Waals surface area contributed by atoms with Crippen molar-refractivity contribution in [3.8, 4) is 11.3 Å². The Hall–Kier alpha value is -3.48. The molecule has 4 heterocycles. The Kier molecular flexibility index (Phi) is 2.86. The number of nitrogens with two attached hydrogens (primary N) is 1. The monoisotopic (exact) mass is 355 g/mol. The molecule has 0 radical (unpaired) electrons. The summed E-state index contributed by atoms with van der Waals surface area (Å²) in [5.74, 6) is 1.18. The van der Waals surface area contributed by atoms with Gasteiger partial charge in [-0.1, -0.05) is 0 Å². The fraction of sp³-hybridized carbons (Fsp3) is 0.200. The van der Waals surface area contributed by atoms with E-state index in [0.29, 0.717) is 11.6 Å². The van der Waals surface area contributed by atoms with Crippen LogP contribution in [0.25, 0.3) is 38.8 Å². The van der Waals surface area contributed by atoms with Crippen molar-refractivity contribution in [2.24, 2.45) is 0 Å². The summed E-state index contributed by atoms with van der Waals surface area (Å²) in [5.41, 5.74) is 12.8. The molecule has 4 aromatic heterocycles. The number of anilines is 1. The lowest BCUT2D eigenvalue weighted by Gasteiger charge is -2.21. The molecule has 7 heteroatoms. The van der Waals surface area contributed by atoms with E-state index >= 15 is 0 Å². The fourth-order valence-electron chi connectivity index (χ4n) is 4.30. The summed E-state index contributed by atoms with van der Waals surface area (Å²) >= 11 is 0. The van der Waals surface area contributed by atoms with Crippen LogP contribution in [0.2, 0.25) is 0 Å². The zero-order valence-electron chi connectivity index (χ0n) is 14.6. The molecule has 1 aromatic carbocycles. The number of aryl methyl sites for hydroxylation is 1. The van der Waals surface area contributed by atoms with Crippen molar-refractivity contribution in [2.75, 3.05) is 5.73 Å². The molecule has 0 unspecified atom stereocenters. The van der Waals surface area contributed by atoms with Crippen LogP contribution in [0.5, 0.6) is 0 Å². The molecule has 0 atom stereocenters. The Labute approximate surface area is 154 Å². The topological polar surface area (TPSA) is 97.8 Å². The number of imidazole rings is 1. The first-order valence-electron chi connectivity index (χ1n) is 9.16. The van der Waals surface area contributed by atoms with Gasteiger partial charge in [-0.2, -0.15) is 5.10 Å². The number of hydrogen-bond acceptors (Lipinski definition) is 5. The van der Waals surface area contributed by atoms with Gasteiger partial charge in [-0.25, -0.2) is 15.0 Å². The van der Waals surface area contributed by atoms with Gasteiger partial charge in [0.15, 0.2) is 0 Å². The van der Waals surface area contributed by atoms with Crippen LogP contribution in [0.1, 0.15) is 24.0 Å². The third-order valence-corrected chi connectivity index (χ3v) is 5.56. The van der Waals surface area contributed by atoms with Crippen LogP contribution in [-0.2, 0) is 12.8 Å². The van der Waals surface area contributed by atoms with Gasteiger partial charge in [0.2, 0.25) is 5.78 Å². The lowest BCUT2D eigenvalue weighted by molar-refractivity contribution is 0.689. The van der Waals surface area contributed by atoms with Gasteiger partial charge in [0.1, 0.15) is 5.82 Å². The molecule has 1 aliphatic rings. The van der Waals surface area contributed by atoms with Gasteiger partial charge in [0, 0.05) is 28.7 Å². The van der Waals surface area contributed by atoms with Crippen LogP contribution in [0.4, 0.5) is 5.82 Å². The molecular formula is C20H17N7. The van der Waals surface area contributed by atoms with E-state index in [1.54, 1.807) is 6.20 Å². The van der Waals surface area contributed by atoms with Crippen molar-refractivity contribution in [3.05, 3.63) is 48.0 Å². The van der Waals surface area contributed by atoms with Crippen molar-refractivity contribution in [3.63, 3.8) is 0 Å². The lowest BCUT2D eigenvalue weighted by Crippen LogP contribution is -2.08. The zero-order chi connectivity index (χ0) is 18.0. The van der Waals surface area contributed by atoms with E-state index in [1.165, 1.54) is 29.4 Å². The van der Waals surface area contributed by atoms with E-state index in [9.17, 15) is 0 Å². The first-order chi connectivity index (χ1) is 13.3. The summed E-state index contributed by atoms with van der Waals surface area (Å²) in [6, 6.07) is 4.12. The number of nitrogens with one attached hydrogen (secondary N) is 1. The highest BCUT2D eigenvalue weighted by atomic mass is 15.1. The third kappa shape index (κ3) is 2.02. The smallest absolute Gasteiger partial charge is 0.235 e. The lowest BCUT2D eigenvalue weighted by atomic mass is 9.86. The second-order valence-corrected chi connectivity index (χ2v) is 7.11. The fourth-order valence-corrected chi connectivity index (χ4v) is 4.30. The summed E-state index contributed by atoms with van der Waals surface area (Å²) in [4.78, 5) is 13.7. The minimum Gasteiger partial charge on any atom is -0.383 e. The summed E-state index contributed by atoms with van der Waals surface area (Å²) < 4.78 is 1.82. The number of rotatable bonds is 1. The minimum atomic E-state index is 0.578. The van der Waals surface area contributed by atoms with Gasteiger partial charge < -0.3 is 5.73 Å². The molecule has 0 spiro atoms. The van der Waals surface area contributed by atoms with Crippen molar-refractivity contribution in [2.45, 2.75) is 25.7 Å². The van der Waals surface area contributed by atoms with E-state index in [-0.39, 0.29) is 0 Å². The van der Waals surface area contributed by atoms with Crippen LogP contribution < -0.4 is 5.73 Å². The van der Waals surface area contributed by atoms with Crippen LogP contribution in [-0.4, -0.2) is 29.5 Å². The second-order valence-electron chi connectivity index (χ2n) is 7.11. The molecule has 0 fully saturated rings. The number of nitrogen functional groups attached to an aromatic ring is 1. The number of benzene rings is 1. The SMILES string of the molecule is Nc1cnc2ncc(-c3nc4ccc5[nH]ncc5c4c4c3CCCC4)cn12. The van der Waals surface area contributed by atoms with Gasteiger partial charge in [-0.05, 0) is 48.9 Å². The van der Waals surface area contributed by atoms with Crippen LogP contribution in [0.3, 0.4) is 0 Å². The van der Waals surface area contributed by atoms with Crippen LogP contribution in [0, 0.1) is 0 Å². The van der Waals surface area contributed by atoms with E-state index in [1.807, 2.05) is 29.1 Å². The number of H-pyrrole nitrogens is 1. The Morgan fingerprint density at radius 1 is 1.00 bits per heavy atom. The Balaban J connectivity index is 1.71. The van der Waals surface area contributed by atoms with Gasteiger partial charge in [-0.15, -0.1) is 0 Å². The molecule has 27 heavy (non-hydrogen) atoms. The normalized spacial score (nSPS) is 14.2. The molecule has 5 aromatic rings. The number of nitrogens with zero attached hydrogens (tertiary/aromatic N) is 5. The first kappa shape index (κ1) is 14.7. The summed E-state index contributed by atoms with van der Waals surface area (Å²) in [5, 5.41) is 9.69. The maximum Gasteiger partial charge on any atom is 0.235 e. The van der Waals surface area contributed by atoms with Gasteiger partial charge in [0.25, 0.3) is 0 Å². The van der Waals surface area contributed by atoms with Crippen molar-refractivity contribution in [1.29, 1.82) is 0 Å². The average Bonchev–Trinajstić information content (AvgIpc) is 3.33. The standard InChI is InChI=1S/C20H17N7/c21-17-9-23-20-22-7-11(10-27(17)20)19-13-4-2-1-3-12(13)18-14-8-24-26-15(14)5-6-16(18)25-19/h5-10H,1-4,21H2,(H,24,26). The molecule has 1 aliphatic carbocycles. The Morgan fingerprint density at radius 2 is 1.85 bits per heavy atom. The summed E-state index contributed by atoms with van der Waals surface area (Å²) in [6.45, 7) is 0. The molecule has 0 saturated carbocycles. The maximum atomic E-state index is 6.03. The van der Waals surface area contributed by atoms with Gasteiger partial charge >= 0.3 is 0 Å². The number of aromatic nitrogens is 6. The van der Waals surface area contributed by atoms with Crippen molar-refractivity contribution >= 4 is 33.4 Å². The second kappa shape index (κ2) is 5.26. The molecule has 0 amide bonds. The van der Waals surface area contributed by atoms with E-state index in [0.717, 1.165) is 40.5 Å². The van der Waals surface area contributed by atoms with E-state index < -0.39 is 0 Å². The van der Waals surface area contributed by atoms with Gasteiger partial charge in [-0.3, -0.25) is 9.50 Å². The highest BCUT2D eigenvalue weighted by molar-refractivity contribution is 6.07. The molecule has 3 N–H and O–H groups in total. The molecule has 0 saturated heterocycles. The summed E-state index contributed by atoms with van der Waals surface area (Å²) in [7, 11) is 0. The highest BCUT2D eigenvalue weighted by Gasteiger charge is 2.21. The molecule has 132 valence electrons. The predicted molar refractivity (Wildman–Crippen MR) is 104 cm³/mol. The van der Waals surface area contributed by atoms with Gasteiger partial charge in [0.05, 0.1) is 29.1 Å². The quantitative estimate of drug-likeness (QED) is 0.481. The molecule has 6 rings (SSSR count). The first-order valence-corrected chi connectivity index (χ1v) is 9.16. The Morgan fingerprint density at radius 3 is 2.78 bits per heavy atom. The molecular weight excluding hydrogens is 338 g/mol. The van der Waals surface area contributed by atoms with Crippen molar-refractivity contribution in [1.82, 2.24) is 29.5 Å². The van der Waals surface area contributed by atoms with Crippen molar-refractivity contribution < 1.29 is 0 Å². The van der Waals surface area contributed by atoms with E-state index in [4.69, 9.17) is 10.7 Å². The number of aromatic amines is 1. The summed E-state index contributed by atoms with van der Waals surface area (Å²) in [6.07, 6.45) is 11.8. The average molecular weight is 355 g/mol. The van der Waals surface area contributed by atoms with Crippen LogP contribution >= 0.6 is 0 Å².